The maximum absolute atomic E-state index is 11.3. The van der Waals surface area contributed by atoms with Crippen LogP contribution in [0.5, 0.6) is 0 Å². The van der Waals surface area contributed by atoms with Crippen LogP contribution in [0.3, 0.4) is 0 Å². The van der Waals surface area contributed by atoms with Crippen molar-refractivity contribution in [2.75, 3.05) is 6.61 Å². The van der Waals surface area contributed by atoms with Gasteiger partial charge in [0.05, 0.1) is 17.7 Å². The lowest BCUT2D eigenvalue weighted by molar-refractivity contribution is 0.112. The Morgan fingerprint density at radius 3 is 2.48 bits per heavy atom. The highest BCUT2D eigenvalue weighted by molar-refractivity contribution is 6.74. The predicted molar refractivity (Wildman–Crippen MR) is 97.6 cm³/mol. The van der Waals surface area contributed by atoms with E-state index in [0.717, 1.165) is 17.2 Å². The van der Waals surface area contributed by atoms with Gasteiger partial charge in [-0.25, -0.2) is 0 Å². The molecular weight excluding hydrogens is 304 g/mol. The van der Waals surface area contributed by atoms with Crippen LogP contribution in [0.4, 0.5) is 0 Å². The van der Waals surface area contributed by atoms with E-state index < -0.39 is 8.32 Å². The molecule has 5 heteroatoms. The van der Waals surface area contributed by atoms with Crippen LogP contribution in [-0.4, -0.2) is 30.8 Å². The third kappa shape index (κ3) is 3.40. The van der Waals surface area contributed by atoms with Crippen LogP contribution in [0.2, 0.25) is 18.1 Å². The van der Waals surface area contributed by atoms with Crippen molar-refractivity contribution in [1.82, 2.24) is 9.55 Å². The van der Waals surface area contributed by atoms with E-state index in [0.29, 0.717) is 12.2 Å². The Labute approximate surface area is 140 Å². The quantitative estimate of drug-likeness (QED) is 0.593. The second-order valence-electron chi connectivity index (χ2n) is 8.33. The zero-order valence-electron chi connectivity index (χ0n) is 15.3. The van der Waals surface area contributed by atoms with Crippen LogP contribution in [0.15, 0.2) is 24.7 Å². The van der Waals surface area contributed by atoms with Gasteiger partial charge in [0.25, 0.3) is 0 Å². The number of aromatic nitrogens is 2. The average molecular weight is 333 g/mol. The lowest BCUT2D eigenvalue weighted by Crippen LogP contribution is -2.45. The summed E-state index contributed by atoms with van der Waals surface area (Å²) in [5.41, 5.74) is 1.45. The van der Waals surface area contributed by atoms with E-state index in [1.54, 1.807) is 12.4 Å². The molecule has 0 atom stereocenters. The molecule has 126 valence electrons. The summed E-state index contributed by atoms with van der Waals surface area (Å²) in [5, 5.41) is 1.07. The van der Waals surface area contributed by atoms with Crippen LogP contribution >= 0.6 is 0 Å². The largest absolute Gasteiger partial charge is 0.414 e. The smallest absolute Gasteiger partial charge is 0.192 e. The van der Waals surface area contributed by atoms with Crippen molar-refractivity contribution in [3.63, 3.8) is 0 Å². The fraction of sp³-hybridized carbons (Fsp3) is 0.556. The second kappa shape index (κ2) is 5.87. The first kappa shape index (κ1) is 17.9. The van der Waals surface area contributed by atoms with E-state index in [4.69, 9.17) is 4.43 Å². The van der Waals surface area contributed by atoms with Crippen molar-refractivity contribution in [1.29, 1.82) is 0 Å². The van der Waals surface area contributed by atoms with Gasteiger partial charge < -0.3 is 8.99 Å². The third-order valence-corrected chi connectivity index (χ3v) is 9.49. The van der Waals surface area contributed by atoms with Gasteiger partial charge in [-0.1, -0.05) is 20.8 Å². The summed E-state index contributed by atoms with van der Waals surface area (Å²) in [7, 11) is -1.81. The van der Waals surface area contributed by atoms with Gasteiger partial charge in [0, 0.05) is 29.5 Å². The number of aldehydes is 1. The third-order valence-electron chi connectivity index (χ3n) is 5.01. The zero-order valence-corrected chi connectivity index (χ0v) is 16.3. The summed E-state index contributed by atoms with van der Waals surface area (Å²) < 4.78 is 8.56. The highest BCUT2D eigenvalue weighted by Gasteiger charge is 2.39. The molecule has 0 bridgehead atoms. The van der Waals surface area contributed by atoms with Gasteiger partial charge in [-0.3, -0.25) is 9.78 Å². The van der Waals surface area contributed by atoms with Gasteiger partial charge >= 0.3 is 0 Å². The normalized spacial score (nSPS) is 13.5. The van der Waals surface area contributed by atoms with Crippen LogP contribution in [0.25, 0.3) is 10.9 Å². The molecular formula is C18H28N2O2Si. The van der Waals surface area contributed by atoms with Crippen molar-refractivity contribution < 1.29 is 9.22 Å². The van der Waals surface area contributed by atoms with E-state index in [9.17, 15) is 4.79 Å². The fourth-order valence-corrected chi connectivity index (χ4v) is 3.48. The Hall–Kier alpha value is -1.46. The topological polar surface area (TPSA) is 44.1 Å². The Bertz CT molecular complexity index is 711. The number of carbonyl (C=O) groups excluding carboxylic acids is 1. The van der Waals surface area contributed by atoms with Crippen molar-refractivity contribution in [3.05, 3.63) is 30.2 Å². The van der Waals surface area contributed by atoms with Gasteiger partial charge in [0.2, 0.25) is 0 Å². The molecule has 2 rings (SSSR count). The van der Waals surface area contributed by atoms with Gasteiger partial charge in [0.15, 0.2) is 14.6 Å². The Kier molecular flexibility index (Phi) is 4.57. The highest BCUT2D eigenvalue weighted by atomic mass is 28.4. The monoisotopic (exact) mass is 332 g/mol. The minimum atomic E-state index is -1.81. The summed E-state index contributed by atoms with van der Waals surface area (Å²) in [6, 6.07) is 1.95. The number of rotatable bonds is 5. The van der Waals surface area contributed by atoms with Crippen molar-refractivity contribution in [3.8, 4) is 0 Å². The summed E-state index contributed by atoms with van der Waals surface area (Å²) in [4.78, 5) is 15.5. The van der Waals surface area contributed by atoms with Gasteiger partial charge in [-0.2, -0.15) is 0 Å². The number of fused-ring (bicyclic) bond motifs is 1. The molecule has 0 saturated heterocycles. The van der Waals surface area contributed by atoms with Crippen LogP contribution in [0.1, 0.15) is 45.0 Å². The summed E-state index contributed by atoms with van der Waals surface area (Å²) in [6.07, 6.45) is 6.32. The highest BCUT2D eigenvalue weighted by Crippen LogP contribution is 2.38. The molecule has 0 saturated carbocycles. The molecule has 0 unspecified atom stereocenters. The van der Waals surface area contributed by atoms with E-state index in [1.165, 1.54) is 0 Å². The molecule has 4 nitrogen and oxygen atoms in total. The predicted octanol–water partition coefficient (Wildman–Crippen LogP) is 4.61. The van der Waals surface area contributed by atoms with Crippen LogP contribution in [0, 0.1) is 0 Å². The Morgan fingerprint density at radius 2 is 1.91 bits per heavy atom. The summed E-state index contributed by atoms with van der Waals surface area (Å²) >= 11 is 0. The molecule has 0 aromatic carbocycles. The molecule has 2 heterocycles. The van der Waals surface area contributed by atoms with E-state index >= 15 is 0 Å². The molecule has 0 fully saturated rings. The lowest BCUT2D eigenvalue weighted by Gasteiger charge is -2.39. The first-order valence-electron chi connectivity index (χ1n) is 8.04. The van der Waals surface area contributed by atoms with Crippen molar-refractivity contribution >= 4 is 25.5 Å². The van der Waals surface area contributed by atoms with Gasteiger partial charge in [0.1, 0.15) is 0 Å². The molecule has 0 N–H and O–H groups in total. The van der Waals surface area contributed by atoms with Crippen LogP contribution < -0.4 is 0 Å². The molecule has 0 amide bonds. The molecule has 0 aliphatic heterocycles. The molecule has 0 aliphatic carbocycles. The minimum absolute atomic E-state index is 0.180. The van der Waals surface area contributed by atoms with E-state index in [2.05, 4.69) is 57.3 Å². The molecule has 2 aromatic heterocycles. The standard InChI is InChI=1S/C18H28N2O2Si/c1-17(2,3)23(6,7)22-13-18(4,5)20-11-14(12-21)15-10-19-9-8-16(15)20/h8-12H,13H2,1-7H3. The van der Waals surface area contributed by atoms with Crippen LogP contribution in [-0.2, 0) is 9.96 Å². The first-order chi connectivity index (χ1) is 10.5. The fourth-order valence-electron chi connectivity index (χ4n) is 2.34. The molecule has 23 heavy (non-hydrogen) atoms. The van der Waals surface area contributed by atoms with Crippen molar-refractivity contribution in [2.45, 2.75) is 58.3 Å². The summed E-state index contributed by atoms with van der Waals surface area (Å²) in [5.74, 6) is 0. The number of hydrogen-bond acceptors (Lipinski definition) is 3. The number of pyridine rings is 1. The molecule has 0 spiro atoms. The minimum Gasteiger partial charge on any atom is -0.414 e. The maximum atomic E-state index is 11.3. The SMILES string of the molecule is CC(C)(CO[Si](C)(C)C(C)(C)C)n1cc(C=O)c2cnccc21. The van der Waals surface area contributed by atoms with E-state index in [1.807, 2.05) is 12.3 Å². The second-order valence-corrected chi connectivity index (χ2v) is 13.1. The molecule has 0 radical (unpaired) electrons. The summed E-state index contributed by atoms with van der Waals surface area (Å²) in [6.45, 7) is 16.2. The Morgan fingerprint density at radius 1 is 1.26 bits per heavy atom. The van der Waals surface area contributed by atoms with Gasteiger partial charge in [-0.15, -0.1) is 0 Å². The molecule has 2 aromatic rings. The Balaban J connectivity index is 2.35. The average Bonchev–Trinajstić information content (AvgIpc) is 2.84. The van der Waals surface area contributed by atoms with Gasteiger partial charge in [-0.05, 0) is 38.0 Å². The number of nitrogens with zero attached hydrogens (tertiary/aromatic N) is 2. The zero-order chi connectivity index (χ0) is 17.5. The maximum Gasteiger partial charge on any atom is 0.192 e. The number of hydrogen-bond donors (Lipinski definition) is 0. The van der Waals surface area contributed by atoms with E-state index in [-0.39, 0.29) is 10.6 Å². The van der Waals surface area contributed by atoms with Crippen molar-refractivity contribution in [2.24, 2.45) is 0 Å². The first-order valence-corrected chi connectivity index (χ1v) is 11.0. The molecule has 0 aliphatic rings. The lowest BCUT2D eigenvalue weighted by atomic mass is 10.1. The number of carbonyl (C=O) groups is 1.